The third kappa shape index (κ3) is 11.6. The molecule has 1 aromatic heterocycles. The molecule has 1 amide bonds. The van der Waals surface area contributed by atoms with Crippen LogP contribution in [0.25, 0.3) is 10.9 Å². The quantitative estimate of drug-likeness (QED) is 0.135. The van der Waals surface area contributed by atoms with E-state index in [9.17, 15) is 14.4 Å². The van der Waals surface area contributed by atoms with Gasteiger partial charge < -0.3 is 19.8 Å². The number of hydrogen-bond donors (Lipinski definition) is 1. The number of allylic oxidation sites excluding steroid dienone is 4. The molecular formula is C30H46N2O5. The largest absolute Gasteiger partial charge is 0.481 e. The van der Waals surface area contributed by atoms with Gasteiger partial charge >= 0.3 is 5.97 Å². The van der Waals surface area contributed by atoms with E-state index in [1.807, 2.05) is 58.2 Å². The van der Waals surface area contributed by atoms with E-state index < -0.39 is 17.7 Å². The van der Waals surface area contributed by atoms with Crippen LogP contribution in [0.3, 0.4) is 0 Å². The molecule has 2 aromatic rings. The van der Waals surface area contributed by atoms with Crippen LogP contribution in [0.2, 0.25) is 0 Å². The average molecular weight is 515 g/mol. The number of hydrogen-bond acceptors (Lipinski definition) is 5. The average Bonchev–Trinajstić information content (AvgIpc) is 3.21. The lowest BCUT2D eigenvalue weighted by Gasteiger charge is -2.13. The van der Waals surface area contributed by atoms with E-state index in [0.29, 0.717) is 29.8 Å². The van der Waals surface area contributed by atoms with Crippen LogP contribution in [-0.4, -0.2) is 35.9 Å². The van der Waals surface area contributed by atoms with Gasteiger partial charge in [0.2, 0.25) is 0 Å². The van der Waals surface area contributed by atoms with E-state index in [2.05, 4.69) is 31.1 Å². The Morgan fingerprint density at radius 3 is 1.92 bits per heavy atom. The van der Waals surface area contributed by atoms with Gasteiger partial charge in [-0.2, -0.15) is 0 Å². The van der Waals surface area contributed by atoms with E-state index in [1.165, 1.54) is 7.11 Å². The van der Waals surface area contributed by atoms with Gasteiger partial charge in [-0.3, -0.25) is 9.59 Å². The first-order valence-electron chi connectivity index (χ1n) is 12.3. The molecule has 2 rings (SSSR count). The number of ether oxygens (including phenoxy) is 2. The van der Waals surface area contributed by atoms with E-state index in [4.69, 9.17) is 10.5 Å². The maximum absolute atomic E-state index is 12.5. The Balaban J connectivity index is -0.000000905. The fourth-order valence-corrected chi connectivity index (χ4v) is 3.06. The SMILES string of the molecule is C=CC.C=CC=C.C=CCc1ccc2c(c1OCC(=O)OC)c(C(=O)C(N)=O)c(C)n2CC.CC.CC. The monoisotopic (exact) mass is 514 g/mol. The molecule has 1 aromatic carbocycles. The summed E-state index contributed by atoms with van der Waals surface area (Å²) in [5.41, 5.74) is 7.51. The van der Waals surface area contributed by atoms with Crippen LogP contribution in [0, 0.1) is 6.92 Å². The van der Waals surface area contributed by atoms with Crippen LogP contribution < -0.4 is 10.5 Å². The van der Waals surface area contributed by atoms with E-state index >= 15 is 0 Å². The minimum atomic E-state index is -1.05. The number of benzene rings is 1. The van der Waals surface area contributed by atoms with Gasteiger partial charge in [-0.25, -0.2) is 4.79 Å². The zero-order valence-corrected chi connectivity index (χ0v) is 24.0. The highest BCUT2D eigenvalue weighted by Gasteiger charge is 2.27. The third-order valence-corrected chi connectivity index (χ3v) is 4.38. The molecule has 7 heteroatoms. The summed E-state index contributed by atoms with van der Waals surface area (Å²) in [5, 5.41) is 0.469. The Hall–Kier alpha value is -3.87. The van der Waals surface area contributed by atoms with Crippen molar-refractivity contribution >= 4 is 28.6 Å². The van der Waals surface area contributed by atoms with E-state index in [1.54, 1.807) is 31.2 Å². The van der Waals surface area contributed by atoms with Crippen LogP contribution in [0.4, 0.5) is 0 Å². The zero-order chi connectivity index (χ0) is 29.6. The number of carbonyl (C=O) groups is 3. The van der Waals surface area contributed by atoms with Crippen molar-refractivity contribution < 1.29 is 23.9 Å². The summed E-state index contributed by atoms with van der Waals surface area (Å²) >= 11 is 0. The number of primary amides is 1. The van der Waals surface area contributed by atoms with Gasteiger partial charge in [0, 0.05) is 12.2 Å². The molecule has 0 unspecified atom stereocenters. The predicted molar refractivity (Wildman–Crippen MR) is 156 cm³/mol. The Bertz CT molecular complexity index is 1030. The summed E-state index contributed by atoms with van der Waals surface area (Å²) < 4.78 is 12.2. The first kappa shape index (κ1) is 37.7. The first-order valence-corrected chi connectivity index (χ1v) is 12.3. The topological polar surface area (TPSA) is 101 Å². The lowest BCUT2D eigenvalue weighted by atomic mass is 10.0. The highest BCUT2D eigenvalue weighted by Crippen LogP contribution is 2.37. The summed E-state index contributed by atoms with van der Waals surface area (Å²) in [6, 6.07) is 3.70. The molecule has 0 saturated heterocycles. The number of fused-ring (bicyclic) bond motifs is 1. The maximum Gasteiger partial charge on any atom is 0.343 e. The number of carbonyl (C=O) groups excluding carboxylic acids is 3. The molecule has 7 nitrogen and oxygen atoms in total. The van der Waals surface area contributed by atoms with Gasteiger partial charge in [0.05, 0.1) is 23.6 Å². The van der Waals surface area contributed by atoms with Crippen LogP contribution >= 0.6 is 0 Å². The van der Waals surface area contributed by atoms with Crippen molar-refractivity contribution in [3.63, 3.8) is 0 Å². The second-order valence-corrected chi connectivity index (χ2v) is 6.58. The van der Waals surface area contributed by atoms with E-state index in [-0.39, 0.29) is 12.2 Å². The van der Waals surface area contributed by atoms with Crippen molar-refractivity contribution in [2.45, 2.75) is 61.4 Å². The molecule has 0 spiro atoms. The number of nitrogens with zero attached hydrogens (tertiary/aromatic N) is 1. The number of aromatic nitrogens is 1. The number of methoxy groups -OCH3 is 1. The Morgan fingerprint density at radius 2 is 1.54 bits per heavy atom. The van der Waals surface area contributed by atoms with Crippen LogP contribution in [-0.2, 0) is 27.3 Å². The van der Waals surface area contributed by atoms with Gasteiger partial charge in [-0.15, -0.1) is 13.2 Å². The molecule has 0 saturated carbocycles. The van der Waals surface area contributed by atoms with Crippen molar-refractivity contribution in [3.05, 3.63) is 79.6 Å². The standard InChI is InChI=1S/C19H22N2O5.C4H6.C3H6.2C2H6/c1-5-7-12-8-9-13-16(18(12)26-10-14(22)25-4)15(17(23)19(20)24)11(3)21(13)6-2;1-3-4-2;1-3-2;2*1-2/h5,8-9H,1,6-7,10H2,2-4H3,(H2,20,24);3-4H,1-2H2;3H,1H2,2H3;2*1-2H3. The van der Waals surface area contributed by atoms with Gasteiger partial charge in [0.15, 0.2) is 6.61 Å². The molecule has 37 heavy (non-hydrogen) atoms. The Kier molecular flexibility index (Phi) is 23.0. The molecule has 0 aliphatic rings. The lowest BCUT2D eigenvalue weighted by Crippen LogP contribution is -2.24. The number of Topliss-reactive ketones (excluding diaryl/α,β-unsaturated/α-hetero) is 1. The van der Waals surface area contributed by atoms with Crippen molar-refractivity contribution in [2.75, 3.05) is 13.7 Å². The van der Waals surface area contributed by atoms with Crippen LogP contribution in [0.15, 0.2) is 62.8 Å². The van der Waals surface area contributed by atoms with Gasteiger partial charge in [-0.1, -0.05) is 71.2 Å². The van der Waals surface area contributed by atoms with Crippen molar-refractivity contribution in [1.82, 2.24) is 4.57 Å². The van der Waals surface area contributed by atoms with Gasteiger partial charge in [-0.05, 0) is 38.8 Å². The predicted octanol–water partition coefficient (Wildman–Crippen LogP) is 6.52. The molecular weight excluding hydrogens is 468 g/mol. The fourth-order valence-electron chi connectivity index (χ4n) is 3.06. The third-order valence-electron chi connectivity index (χ3n) is 4.38. The number of aryl methyl sites for hydroxylation is 1. The fraction of sp³-hybridized carbons (Fsp3) is 0.367. The van der Waals surface area contributed by atoms with Crippen molar-refractivity contribution in [2.24, 2.45) is 5.73 Å². The lowest BCUT2D eigenvalue weighted by molar-refractivity contribution is -0.142. The molecule has 0 fully saturated rings. The minimum absolute atomic E-state index is 0.195. The molecule has 0 aliphatic heterocycles. The molecule has 0 aliphatic carbocycles. The van der Waals surface area contributed by atoms with Crippen molar-refractivity contribution in [1.29, 1.82) is 0 Å². The van der Waals surface area contributed by atoms with Gasteiger partial charge in [0.1, 0.15) is 5.75 Å². The Labute approximate surface area is 223 Å². The molecule has 206 valence electrons. The van der Waals surface area contributed by atoms with Crippen molar-refractivity contribution in [3.8, 4) is 5.75 Å². The summed E-state index contributed by atoms with van der Waals surface area (Å²) in [4.78, 5) is 35.6. The molecule has 0 bridgehead atoms. The van der Waals surface area contributed by atoms with Crippen LogP contribution in [0.5, 0.6) is 5.75 Å². The molecule has 0 radical (unpaired) electrons. The second-order valence-electron chi connectivity index (χ2n) is 6.58. The van der Waals surface area contributed by atoms with Gasteiger partial charge in [0.25, 0.3) is 11.7 Å². The number of ketones is 1. The Morgan fingerprint density at radius 1 is 1.03 bits per heavy atom. The highest BCUT2D eigenvalue weighted by molar-refractivity contribution is 6.45. The normalized spacial score (nSPS) is 8.65. The maximum atomic E-state index is 12.5. The number of nitrogens with two attached hydrogens (primary N) is 1. The number of esters is 1. The molecule has 2 N–H and O–H groups in total. The van der Waals surface area contributed by atoms with E-state index in [0.717, 1.165) is 11.1 Å². The highest BCUT2D eigenvalue weighted by atomic mass is 16.6. The zero-order valence-electron chi connectivity index (χ0n) is 24.0. The summed E-state index contributed by atoms with van der Waals surface area (Å²) in [7, 11) is 1.26. The molecule has 0 atom stereocenters. The summed E-state index contributed by atoms with van der Waals surface area (Å²) in [5.74, 6) is -2.04. The number of rotatable bonds is 9. The minimum Gasteiger partial charge on any atom is -0.481 e. The first-order chi connectivity index (χ1) is 17.7. The molecule has 1 heterocycles. The smallest absolute Gasteiger partial charge is 0.343 e. The summed E-state index contributed by atoms with van der Waals surface area (Å²) in [6.45, 7) is 27.6. The second kappa shape index (κ2) is 22.6. The number of amides is 1. The van der Waals surface area contributed by atoms with Crippen LogP contribution in [0.1, 0.15) is 63.2 Å². The summed E-state index contributed by atoms with van der Waals surface area (Å²) in [6.07, 6.45) is 7.18.